The first kappa shape index (κ1) is 18.1. The SMILES string of the molecule is Cc1cccc(CN2CCN(C(=O)Cn3ncc([N+](=O)[O-])c3C)CC2)c1. The lowest BCUT2D eigenvalue weighted by molar-refractivity contribution is -0.385. The van der Waals surface area contributed by atoms with E-state index < -0.39 is 4.92 Å². The predicted molar refractivity (Wildman–Crippen MR) is 96.7 cm³/mol. The Hall–Kier alpha value is -2.74. The molecule has 1 saturated heterocycles. The molecule has 1 aromatic heterocycles. The minimum Gasteiger partial charge on any atom is -0.339 e. The van der Waals surface area contributed by atoms with Crippen molar-refractivity contribution in [1.82, 2.24) is 19.6 Å². The van der Waals surface area contributed by atoms with Crippen molar-refractivity contribution in [2.45, 2.75) is 26.9 Å². The molecule has 8 heteroatoms. The zero-order valence-corrected chi connectivity index (χ0v) is 15.1. The zero-order chi connectivity index (χ0) is 18.7. The lowest BCUT2D eigenvalue weighted by Crippen LogP contribution is -2.49. The number of benzene rings is 1. The first-order valence-corrected chi connectivity index (χ1v) is 8.66. The van der Waals surface area contributed by atoms with Crippen LogP contribution in [0.2, 0.25) is 0 Å². The van der Waals surface area contributed by atoms with Gasteiger partial charge in [0.15, 0.2) is 0 Å². The molecule has 0 atom stereocenters. The third-order valence-electron chi connectivity index (χ3n) is 4.77. The number of piperazine rings is 1. The van der Waals surface area contributed by atoms with Crippen LogP contribution < -0.4 is 0 Å². The first-order valence-electron chi connectivity index (χ1n) is 8.66. The Morgan fingerprint density at radius 3 is 2.58 bits per heavy atom. The van der Waals surface area contributed by atoms with E-state index in [1.54, 1.807) is 11.8 Å². The van der Waals surface area contributed by atoms with Gasteiger partial charge in [-0.2, -0.15) is 5.10 Å². The normalized spacial score (nSPS) is 15.2. The molecule has 2 heterocycles. The first-order chi connectivity index (χ1) is 12.4. The van der Waals surface area contributed by atoms with Crippen LogP contribution in [0.4, 0.5) is 5.69 Å². The molecular weight excluding hydrogens is 334 g/mol. The van der Waals surface area contributed by atoms with Crippen LogP contribution in [0.25, 0.3) is 0 Å². The topological polar surface area (TPSA) is 84.5 Å². The molecule has 0 aliphatic carbocycles. The van der Waals surface area contributed by atoms with Gasteiger partial charge >= 0.3 is 5.69 Å². The molecule has 0 unspecified atom stereocenters. The Bertz CT molecular complexity index is 809. The number of hydrogen-bond acceptors (Lipinski definition) is 5. The van der Waals surface area contributed by atoms with E-state index in [1.165, 1.54) is 22.0 Å². The second-order valence-corrected chi connectivity index (χ2v) is 6.68. The lowest BCUT2D eigenvalue weighted by Gasteiger charge is -2.34. The molecule has 138 valence electrons. The summed E-state index contributed by atoms with van der Waals surface area (Å²) in [7, 11) is 0. The van der Waals surface area contributed by atoms with E-state index in [0.717, 1.165) is 19.6 Å². The molecule has 3 rings (SSSR count). The van der Waals surface area contributed by atoms with E-state index in [9.17, 15) is 14.9 Å². The molecule has 8 nitrogen and oxygen atoms in total. The van der Waals surface area contributed by atoms with Crippen LogP contribution in [-0.4, -0.2) is 56.6 Å². The second kappa shape index (κ2) is 7.65. The molecular formula is C18H23N5O3. The summed E-state index contributed by atoms with van der Waals surface area (Å²) < 4.78 is 1.40. The van der Waals surface area contributed by atoms with E-state index >= 15 is 0 Å². The Morgan fingerprint density at radius 2 is 1.96 bits per heavy atom. The summed E-state index contributed by atoms with van der Waals surface area (Å²) in [5.41, 5.74) is 2.88. The largest absolute Gasteiger partial charge is 0.339 e. The average Bonchev–Trinajstić information content (AvgIpc) is 2.96. The number of nitrogens with zero attached hydrogens (tertiary/aromatic N) is 5. The third kappa shape index (κ3) is 4.08. The molecule has 0 saturated carbocycles. The lowest BCUT2D eigenvalue weighted by atomic mass is 10.1. The van der Waals surface area contributed by atoms with Crippen LogP contribution in [-0.2, 0) is 17.9 Å². The summed E-state index contributed by atoms with van der Waals surface area (Å²) >= 11 is 0. The Morgan fingerprint density at radius 1 is 1.23 bits per heavy atom. The van der Waals surface area contributed by atoms with Crippen LogP contribution in [0.15, 0.2) is 30.5 Å². The van der Waals surface area contributed by atoms with Crippen LogP contribution >= 0.6 is 0 Å². The van der Waals surface area contributed by atoms with Crippen molar-refractivity contribution < 1.29 is 9.72 Å². The highest BCUT2D eigenvalue weighted by molar-refractivity contribution is 5.76. The van der Waals surface area contributed by atoms with Crippen LogP contribution in [0.1, 0.15) is 16.8 Å². The molecule has 0 N–H and O–H groups in total. The van der Waals surface area contributed by atoms with Gasteiger partial charge in [-0.3, -0.25) is 24.5 Å². The van der Waals surface area contributed by atoms with Crippen LogP contribution in [0, 0.1) is 24.0 Å². The van der Waals surface area contributed by atoms with Crippen molar-refractivity contribution in [2.75, 3.05) is 26.2 Å². The van der Waals surface area contributed by atoms with Crippen molar-refractivity contribution in [1.29, 1.82) is 0 Å². The van der Waals surface area contributed by atoms with Gasteiger partial charge in [-0.25, -0.2) is 0 Å². The van der Waals surface area contributed by atoms with E-state index in [0.29, 0.717) is 18.8 Å². The summed E-state index contributed by atoms with van der Waals surface area (Å²) in [6, 6.07) is 8.46. The summed E-state index contributed by atoms with van der Waals surface area (Å²) in [4.78, 5) is 27.0. The Balaban J connectivity index is 1.53. The van der Waals surface area contributed by atoms with Gasteiger partial charge in [0.05, 0.1) is 4.92 Å². The van der Waals surface area contributed by atoms with Gasteiger partial charge in [-0.1, -0.05) is 29.8 Å². The molecule has 26 heavy (non-hydrogen) atoms. The number of aryl methyl sites for hydroxylation is 1. The van der Waals surface area contributed by atoms with Crippen LogP contribution in [0.3, 0.4) is 0 Å². The number of rotatable bonds is 5. The minimum atomic E-state index is -0.479. The van der Waals surface area contributed by atoms with Gasteiger partial charge < -0.3 is 4.90 Å². The third-order valence-corrected chi connectivity index (χ3v) is 4.77. The van der Waals surface area contributed by atoms with E-state index in [-0.39, 0.29) is 18.1 Å². The number of carbonyl (C=O) groups excluding carboxylic acids is 1. The standard InChI is InChI=1S/C18H23N5O3/c1-14-4-3-5-16(10-14)12-20-6-8-21(9-7-20)18(24)13-22-15(2)17(11-19-22)23(25)26/h3-5,10-11H,6-9,12-13H2,1-2H3. The van der Waals surface area contributed by atoms with Crippen molar-refractivity contribution in [2.24, 2.45) is 0 Å². The predicted octanol–water partition coefficient (Wildman–Crippen LogP) is 1.75. The summed E-state index contributed by atoms with van der Waals surface area (Å²) in [6.45, 7) is 7.57. The van der Waals surface area contributed by atoms with Crippen molar-refractivity contribution in [3.8, 4) is 0 Å². The smallest absolute Gasteiger partial charge is 0.309 e. The molecule has 1 fully saturated rings. The molecule has 1 aromatic carbocycles. The minimum absolute atomic E-state index is 0.0392. The van der Waals surface area contributed by atoms with Crippen molar-refractivity contribution >= 4 is 11.6 Å². The highest BCUT2D eigenvalue weighted by atomic mass is 16.6. The number of carbonyl (C=O) groups is 1. The fraction of sp³-hybridized carbons (Fsp3) is 0.444. The Labute approximate surface area is 152 Å². The monoisotopic (exact) mass is 357 g/mol. The van der Waals surface area contributed by atoms with Crippen LogP contribution in [0.5, 0.6) is 0 Å². The Kier molecular flexibility index (Phi) is 5.32. The molecule has 0 radical (unpaired) electrons. The molecule has 1 amide bonds. The number of nitro groups is 1. The van der Waals surface area contributed by atoms with Gasteiger partial charge in [0.25, 0.3) is 0 Å². The van der Waals surface area contributed by atoms with Gasteiger partial charge in [-0.15, -0.1) is 0 Å². The van der Waals surface area contributed by atoms with Crippen molar-refractivity contribution in [3.63, 3.8) is 0 Å². The zero-order valence-electron chi connectivity index (χ0n) is 15.1. The molecule has 1 aliphatic heterocycles. The molecule has 0 bridgehead atoms. The summed E-state index contributed by atoms with van der Waals surface area (Å²) in [5.74, 6) is -0.0543. The maximum absolute atomic E-state index is 12.5. The van der Waals surface area contributed by atoms with E-state index in [1.807, 2.05) is 0 Å². The van der Waals surface area contributed by atoms with E-state index in [2.05, 4.69) is 41.2 Å². The van der Waals surface area contributed by atoms with Crippen molar-refractivity contribution in [3.05, 3.63) is 57.4 Å². The summed E-state index contributed by atoms with van der Waals surface area (Å²) in [5, 5.41) is 14.8. The van der Waals surface area contributed by atoms with E-state index in [4.69, 9.17) is 0 Å². The average molecular weight is 357 g/mol. The van der Waals surface area contributed by atoms with Gasteiger partial charge in [0, 0.05) is 32.7 Å². The van der Waals surface area contributed by atoms with Gasteiger partial charge in [0.1, 0.15) is 18.4 Å². The maximum Gasteiger partial charge on any atom is 0.309 e. The highest BCUT2D eigenvalue weighted by Gasteiger charge is 2.23. The maximum atomic E-state index is 12.5. The number of amides is 1. The molecule has 0 spiro atoms. The molecule has 1 aliphatic rings. The van der Waals surface area contributed by atoms with Gasteiger partial charge in [-0.05, 0) is 19.4 Å². The second-order valence-electron chi connectivity index (χ2n) is 6.68. The van der Waals surface area contributed by atoms with Gasteiger partial charge in [0.2, 0.25) is 5.91 Å². The quantitative estimate of drug-likeness (QED) is 0.601. The summed E-state index contributed by atoms with van der Waals surface area (Å²) in [6.07, 6.45) is 1.20. The fourth-order valence-corrected chi connectivity index (χ4v) is 3.23. The fourth-order valence-electron chi connectivity index (χ4n) is 3.23. The number of aromatic nitrogens is 2. The highest BCUT2D eigenvalue weighted by Crippen LogP contribution is 2.16. The number of hydrogen-bond donors (Lipinski definition) is 0. The molecule has 2 aromatic rings.